The Labute approximate surface area is 152 Å². The van der Waals surface area contributed by atoms with Crippen LogP contribution in [-0.2, 0) is 0 Å². The summed E-state index contributed by atoms with van der Waals surface area (Å²) in [7, 11) is 0. The number of hydrogen-bond acceptors (Lipinski definition) is 5. The molecule has 7 heteroatoms. The zero-order chi connectivity index (χ0) is 19.1. The molecule has 0 radical (unpaired) electrons. The molecule has 0 saturated carbocycles. The molecule has 2 aromatic rings. The topological polar surface area (TPSA) is 90.7 Å². The van der Waals surface area contributed by atoms with Crippen LogP contribution in [0.4, 0.5) is 11.4 Å². The van der Waals surface area contributed by atoms with Crippen LogP contribution < -0.4 is 14.8 Å². The Hall–Kier alpha value is -3.09. The fourth-order valence-electron chi connectivity index (χ4n) is 2.34. The Balaban J connectivity index is 2.27. The highest BCUT2D eigenvalue weighted by atomic mass is 16.6. The standard InChI is InChI=1S/C19H22N2O5/c1-4-10-26-17-9-7-14(12-18(17)25-5-2)19(22)20-15-8-6-13(3)11-16(15)21(23)24/h6-9,11-12H,4-5,10H2,1-3H3,(H,20,22). The van der Waals surface area contributed by atoms with E-state index in [0.29, 0.717) is 30.3 Å². The van der Waals surface area contributed by atoms with Crippen molar-refractivity contribution in [2.45, 2.75) is 27.2 Å². The molecular formula is C19H22N2O5. The number of nitrogens with zero attached hydrogens (tertiary/aromatic N) is 1. The van der Waals surface area contributed by atoms with Crippen LogP contribution in [0.1, 0.15) is 36.2 Å². The highest BCUT2D eigenvalue weighted by molar-refractivity contribution is 6.05. The zero-order valence-corrected chi connectivity index (χ0v) is 15.1. The molecule has 0 aliphatic carbocycles. The number of carbonyl (C=O) groups is 1. The van der Waals surface area contributed by atoms with Crippen molar-refractivity contribution in [2.24, 2.45) is 0 Å². The number of nitro groups is 1. The summed E-state index contributed by atoms with van der Waals surface area (Å²) in [5.41, 5.74) is 1.07. The third-order valence-electron chi connectivity index (χ3n) is 3.57. The van der Waals surface area contributed by atoms with Crippen molar-refractivity contribution in [3.05, 3.63) is 57.6 Å². The molecule has 0 aliphatic heterocycles. The fraction of sp³-hybridized carbons (Fsp3) is 0.316. The van der Waals surface area contributed by atoms with E-state index in [0.717, 1.165) is 12.0 Å². The Morgan fingerprint density at radius 1 is 1.12 bits per heavy atom. The van der Waals surface area contributed by atoms with Gasteiger partial charge in [-0.05, 0) is 50.1 Å². The van der Waals surface area contributed by atoms with Crippen LogP contribution in [0, 0.1) is 17.0 Å². The van der Waals surface area contributed by atoms with E-state index < -0.39 is 10.8 Å². The SMILES string of the molecule is CCCOc1ccc(C(=O)Nc2ccc(C)cc2[N+](=O)[O-])cc1OCC. The number of hydrogen-bond donors (Lipinski definition) is 1. The third kappa shape index (κ3) is 4.72. The van der Waals surface area contributed by atoms with Crippen LogP contribution in [0.5, 0.6) is 11.5 Å². The lowest BCUT2D eigenvalue weighted by Crippen LogP contribution is -2.13. The molecule has 0 spiro atoms. The third-order valence-corrected chi connectivity index (χ3v) is 3.57. The molecule has 26 heavy (non-hydrogen) atoms. The monoisotopic (exact) mass is 358 g/mol. The number of nitro benzene ring substituents is 1. The van der Waals surface area contributed by atoms with Gasteiger partial charge in [0.2, 0.25) is 0 Å². The van der Waals surface area contributed by atoms with Gasteiger partial charge in [0.15, 0.2) is 11.5 Å². The number of rotatable bonds is 8. The first-order valence-corrected chi connectivity index (χ1v) is 8.42. The minimum absolute atomic E-state index is 0.147. The number of nitrogens with one attached hydrogen (secondary N) is 1. The van der Waals surface area contributed by atoms with Gasteiger partial charge in [0, 0.05) is 11.6 Å². The largest absolute Gasteiger partial charge is 0.490 e. The van der Waals surface area contributed by atoms with Crippen LogP contribution in [0.3, 0.4) is 0 Å². The average Bonchev–Trinajstić information content (AvgIpc) is 2.62. The van der Waals surface area contributed by atoms with E-state index in [2.05, 4.69) is 5.32 Å². The maximum Gasteiger partial charge on any atom is 0.293 e. The first kappa shape index (κ1) is 19.2. The van der Waals surface area contributed by atoms with Crippen molar-refractivity contribution >= 4 is 17.3 Å². The lowest BCUT2D eigenvalue weighted by atomic mass is 10.1. The lowest BCUT2D eigenvalue weighted by molar-refractivity contribution is -0.384. The average molecular weight is 358 g/mol. The quantitative estimate of drug-likeness (QED) is 0.560. The van der Waals surface area contributed by atoms with E-state index in [1.807, 2.05) is 13.8 Å². The van der Waals surface area contributed by atoms with E-state index in [4.69, 9.17) is 9.47 Å². The van der Waals surface area contributed by atoms with E-state index in [-0.39, 0.29) is 11.4 Å². The van der Waals surface area contributed by atoms with Gasteiger partial charge in [-0.2, -0.15) is 0 Å². The molecule has 7 nitrogen and oxygen atoms in total. The molecule has 2 rings (SSSR count). The highest BCUT2D eigenvalue weighted by Crippen LogP contribution is 2.30. The molecule has 0 aliphatic rings. The summed E-state index contributed by atoms with van der Waals surface area (Å²) in [5.74, 6) is 0.568. The van der Waals surface area contributed by atoms with Crippen molar-refractivity contribution in [3.63, 3.8) is 0 Å². The smallest absolute Gasteiger partial charge is 0.293 e. The molecule has 0 aromatic heterocycles. The lowest BCUT2D eigenvalue weighted by Gasteiger charge is -2.13. The second-order valence-electron chi connectivity index (χ2n) is 5.67. The number of ether oxygens (including phenoxy) is 2. The fourth-order valence-corrected chi connectivity index (χ4v) is 2.34. The van der Waals surface area contributed by atoms with Gasteiger partial charge in [0.05, 0.1) is 18.1 Å². The minimum atomic E-state index is -0.518. The van der Waals surface area contributed by atoms with E-state index >= 15 is 0 Å². The van der Waals surface area contributed by atoms with Crippen LogP contribution >= 0.6 is 0 Å². The number of benzene rings is 2. The summed E-state index contributed by atoms with van der Waals surface area (Å²) in [4.78, 5) is 23.2. The second-order valence-corrected chi connectivity index (χ2v) is 5.67. The van der Waals surface area contributed by atoms with Crippen molar-refractivity contribution in [1.82, 2.24) is 0 Å². The highest BCUT2D eigenvalue weighted by Gasteiger charge is 2.18. The Kier molecular flexibility index (Phi) is 6.54. The van der Waals surface area contributed by atoms with E-state index in [1.165, 1.54) is 12.1 Å². The number of aryl methyl sites for hydroxylation is 1. The molecule has 0 bridgehead atoms. The van der Waals surface area contributed by atoms with Crippen molar-refractivity contribution in [1.29, 1.82) is 0 Å². The summed E-state index contributed by atoms with van der Waals surface area (Å²) >= 11 is 0. The minimum Gasteiger partial charge on any atom is -0.490 e. The molecule has 138 valence electrons. The molecule has 0 unspecified atom stereocenters. The number of carbonyl (C=O) groups excluding carboxylic acids is 1. The molecule has 0 saturated heterocycles. The van der Waals surface area contributed by atoms with Gasteiger partial charge in [-0.15, -0.1) is 0 Å². The number of anilines is 1. The predicted molar refractivity (Wildman–Crippen MR) is 99.2 cm³/mol. The summed E-state index contributed by atoms with van der Waals surface area (Å²) in [5, 5.41) is 13.8. The maximum atomic E-state index is 12.5. The molecule has 2 aromatic carbocycles. The normalized spacial score (nSPS) is 10.3. The first-order chi connectivity index (χ1) is 12.5. The van der Waals surface area contributed by atoms with Gasteiger partial charge < -0.3 is 14.8 Å². The van der Waals surface area contributed by atoms with Crippen molar-refractivity contribution < 1.29 is 19.2 Å². The second kappa shape index (κ2) is 8.84. The van der Waals surface area contributed by atoms with Crippen LogP contribution in [0.25, 0.3) is 0 Å². The molecule has 0 fully saturated rings. The van der Waals surface area contributed by atoms with Crippen molar-refractivity contribution in [2.75, 3.05) is 18.5 Å². The maximum absolute atomic E-state index is 12.5. The van der Waals surface area contributed by atoms with E-state index in [1.54, 1.807) is 31.2 Å². The molecule has 0 heterocycles. The van der Waals surface area contributed by atoms with E-state index in [9.17, 15) is 14.9 Å². The van der Waals surface area contributed by atoms with Crippen LogP contribution in [0.2, 0.25) is 0 Å². The molecule has 1 amide bonds. The predicted octanol–water partition coefficient (Wildman–Crippen LogP) is 4.34. The zero-order valence-electron chi connectivity index (χ0n) is 15.1. The van der Waals surface area contributed by atoms with Crippen LogP contribution in [0.15, 0.2) is 36.4 Å². The summed E-state index contributed by atoms with van der Waals surface area (Å²) in [6.45, 7) is 6.56. The first-order valence-electron chi connectivity index (χ1n) is 8.42. The van der Waals surface area contributed by atoms with Crippen LogP contribution in [-0.4, -0.2) is 24.0 Å². The van der Waals surface area contributed by atoms with Gasteiger partial charge >= 0.3 is 0 Å². The molecule has 1 N–H and O–H groups in total. The van der Waals surface area contributed by atoms with Gasteiger partial charge in [-0.1, -0.05) is 13.0 Å². The Morgan fingerprint density at radius 2 is 1.88 bits per heavy atom. The summed E-state index contributed by atoms with van der Waals surface area (Å²) < 4.78 is 11.1. The molecular weight excluding hydrogens is 336 g/mol. The van der Waals surface area contributed by atoms with Gasteiger partial charge in [0.1, 0.15) is 5.69 Å². The summed E-state index contributed by atoms with van der Waals surface area (Å²) in [6, 6.07) is 9.48. The Bertz CT molecular complexity index is 805. The van der Waals surface area contributed by atoms with Crippen molar-refractivity contribution in [3.8, 4) is 11.5 Å². The molecule has 0 atom stereocenters. The van der Waals surface area contributed by atoms with Gasteiger partial charge in [-0.25, -0.2) is 0 Å². The Morgan fingerprint density at radius 3 is 2.54 bits per heavy atom. The number of amides is 1. The van der Waals surface area contributed by atoms with Gasteiger partial charge in [0.25, 0.3) is 11.6 Å². The van der Waals surface area contributed by atoms with Gasteiger partial charge in [-0.3, -0.25) is 14.9 Å². The summed E-state index contributed by atoms with van der Waals surface area (Å²) in [6.07, 6.45) is 0.852.